The highest BCUT2D eigenvalue weighted by Crippen LogP contribution is 2.35. The van der Waals surface area contributed by atoms with Crippen molar-refractivity contribution in [3.63, 3.8) is 0 Å². The molecule has 0 aliphatic rings. The number of rotatable bonds is 7. The largest absolute Gasteiger partial charge is 0.355 e. The zero-order chi connectivity index (χ0) is 17.6. The zero-order valence-corrected chi connectivity index (χ0v) is 15.3. The van der Waals surface area contributed by atoms with Crippen LogP contribution in [0, 0.1) is 0 Å². The van der Waals surface area contributed by atoms with E-state index in [9.17, 15) is 9.59 Å². The Kier molecular flexibility index (Phi) is 7.27. The van der Waals surface area contributed by atoms with E-state index in [4.69, 9.17) is 0 Å². The maximum Gasteiger partial charge on any atom is 0.240 e. The summed E-state index contributed by atoms with van der Waals surface area (Å²) in [6, 6.07) is 6.13. The summed E-state index contributed by atoms with van der Waals surface area (Å²) in [5.41, 5.74) is 3.11. The SMILES string of the molecule is CCCNC(=O)CN(C(C)=O)c1c(C(C)C)cccc1C(C)C. The molecule has 128 valence electrons. The Morgan fingerprint density at radius 1 is 1.09 bits per heavy atom. The fourth-order valence-corrected chi connectivity index (χ4v) is 2.64. The molecule has 0 aliphatic heterocycles. The highest BCUT2D eigenvalue weighted by molar-refractivity contribution is 5.99. The average molecular weight is 318 g/mol. The van der Waals surface area contributed by atoms with E-state index in [1.807, 2.05) is 25.1 Å². The van der Waals surface area contributed by atoms with Crippen LogP contribution < -0.4 is 10.2 Å². The minimum atomic E-state index is -0.115. The molecule has 0 fully saturated rings. The molecule has 0 heterocycles. The lowest BCUT2D eigenvalue weighted by Gasteiger charge is -2.29. The first-order valence-corrected chi connectivity index (χ1v) is 8.47. The summed E-state index contributed by atoms with van der Waals surface area (Å²) in [5, 5.41) is 2.85. The second-order valence-electron chi connectivity index (χ2n) is 6.55. The molecule has 1 rings (SSSR count). The van der Waals surface area contributed by atoms with Crippen LogP contribution in [0.25, 0.3) is 0 Å². The van der Waals surface area contributed by atoms with Crippen LogP contribution in [-0.2, 0) is 9.59 Å². The summed E-state index contributed by atoms with van der Waals surface area (Å²) < 4.78 is 0. The lowest BCUT2D eigenvalue weighted by molar-refractivity contribution is -0.123. The van der Waals surface area contributed by atoms with Crippen LogP contribution in [0.5, 0.6) is 0 Å². The van der Waals surface area contributed by atoms with Gasteiger partial charge in [-0.05, 0) is 29.4 Å². The average Bonchev–Trinajstić information content (AvgIpc) is 2.49. The number of nitrogens with zero attached hydrogens (tertiary/aromatic N) is 1. The highest BCUT2D eigenvalue weighted by Gasteiger charge is 2.23. The summed E-state index contributed by atoms with van der Waals surface area (Å²) in [6.45, 7) is 12.7. The Morgan fingerprint density at radius 3 is 2.00 bits per heavy atom. The van der Waals surface area contributed by atoms with Crippen LogP contribution in [-0.4, -0.2) is 24.9 Å². The van der Waals surface area contributed by atoms with Gasteiger partial charge in [0.1, 0.15) is 6.54 Å². The van der Waals surface area contributed by atoms with E-state index < -0.39 is 0 Å². The molecule has 0 bridgehead atoms. The molecular formula is C19H30N2O2. The summed E-state index contributed by atoms with van der Waals surface area (Å²) in [4.78, 5) is 26.0. The molecule has 0 saturated heterocycles. The highest BCUT2D eigenvalue weighted by atomic mass is 16.2. The molecule has 4 heteroatoms. The van der Waals surface area contributed by atoms with Crippen molar-refractivity contribution in [2.24, 2.45) is 0 Å². The van der Waals surface area contributed by atoms with Crippen molar-refractivity contribution >= 4 is 17.5 Å². The van der Waals surface area contributed by atoms with Gasteiger partial charge in [-0.3, -0.25) is 9.59 Å². The van der Waals surface area contributed by atoms with Crippen molar-refractivity contribution in [3.8, 4) is 0 Å². The Balaban J connectivity index is 3.30. The van der Waals surface area contributed by atoms with Crippen molar-refractivity contribution in [2.75, 3.05) is 18.0 Å². The first-order valence-electron chi connectivity index (χ1n) is 8.47. The maximum atomic E-state index is 12.2. The molecule has 1 aromatic carbocycles. The lowest BCUT2D eigenvalue weighted by atomic mass is 9.91. The Bertz CT molecular complexity index is 524. The standard InChI is InChI=1S/C19H30N2O2/c1-7-11-20-18(23)12-21(15(6)22)19-16(13(2)3)9-8-10-17(19)14(4)5/h8-10,13-14H,7,11-12H2,1-6H3,(H,20,23). The number of nitrogens with one attached hydrogen (secondary N) is 1. The summed E-state index contributed by atoms with van der Waals surface area (Å²) in [5.74, 6) is 0.343. The molecule has 0 radical (unpaired) electrons. The lowest BCUT2D eigenvalue weighted by Crippen LogP contribution is -2.41. The number of benzene rings is 1. The number of amides is 2. The third-order valence-corrected chi connectivity index (χ3v) is 3.87. The van der Waals surface area contributed by atoms with E-state index in [1.54, 1.807) is 4.90 Å². The van der Waals surface area contributed by atoms with Gasteiger partial charge in [-0.25, -0.2) is 0 Å². The Labute approximate surface area is 140 Å². The third-order valence-electron chi connectivity index (χ3n) is 3.87. The van der Waals surface area contributed by atoms with Gasteiger partial charge in [-0.2, -0.15) is 0 Å². The number of hydrogen-bond donors (Lipinski definition) is 1. The van der Waals surface area contributed by atoms with Gasteiger partial charge in [0.05, 0.1) is 5.69 Å². The fourth-order valence-electron chi connectivity index (χ4n) is 2.64. The molecule has 1 N–H and O–H groups in total. The topological polar surface area (TPSA) is 49.4 Å². The molecule has 4 nitrogen and oxygen atoms in total. The zero-order valence-electron chi connectivity index (χ0n) is 15.3. The minimum absolute atomic E-state index is 0.0682. The van der Waals surface area contributed by atoms with Crippen LogP contribution in [0.15, 0.2) is 18.2 Å². The van der Waals surface area contributed by atoms with Gasteiger partial charge in [0.15, 0.2) is 0 Å². The number of carbonyl (C=O) groups excluding carboxylic acids is 2. The van der Waals surface area contributed by atoms with Crippen molar-refractivity contribution in [3.05, 3.63) is 29.3 Å². The van der Waals surface area contributed by atoms with Gasteiger partial charge >= 0.3 is 0 Å². The monoisotopic (exact) mass is 318 g/mol. The molecular weight excluding hydrogens is 288 g/mol. The van der Waals surface area contributed by atoms with E-state index >= 15 is 0 Å². The first kappa shape index (κ1) is 19.2. The van der Waals surface area contributed by atoms with Gasteiger partial charge in [0.25, 0.3) is 0 Å². The van der Waals surface area contributed by atoms with Crippen molar-refractivity contribution < 1.29 is 9.59 Å². The molecule has 0 aliphatic carbocycles. The van der Waals surface area contributed by atoms with E-state index in [1.165, 1.54) is 6.92 Å². The van der Waals surface area contributed by atoms with Crippen molar-refractivity contribution in [1.29, 1.82) is 0 Å². The molecule has 2 amide bonds. The van der Waals surface area contributed by atoms with Gasteiger partial charge < -0.3 is 10.2 Å². The molecule has 0 aromatic heterocycles. The van der Waals surface area contributed by atoms with Crippen LogP contribution in [0.2, 0.25) is 0 Å². The molecule has 0 saturated carbocycles. The summed E-state index contributed by atoms with van der Waals surface area (Å²) in [6.07, 6.45) is 0.881. The van der Waals surface area contributed by atoms with Crippen LogP contribution in [0.1, 0.15) is 70.9 Å². The number of carbonyl (C=O) groups is 2. The predicted molar refractivity (Wildman–Crippen MR) is 95.9 cm³/mol. The maximum absolute atomic E-state index is 12.2. The molecule has 0 unspecified atom stereocenters. The first-order chi connectivity index (χ1) is 10.8. The normalized spacial score (nSPS) is 11.0. The van der Waals surface area contributed by atoms with E-state index in [0.717, 1.165) is 23.2 Å². The second-order valence-corrected chi connectivity index (χ2v) is 6.55. The van der Waals surface area contributed by atoms with Gasteiger partial charge in [0.2, 0.25) is 11.8 Å². The quantitative estimate of drug-likeness (QED) is 0.831. The fraction of sp³-hybridized carbons (Fsp3) is 0.579. The Morgan fingerprint density at radius 2 is 1.61 bits per heavy atom. The van der Waals surface area contributed by atoms with Gasteiger partial charge in [0, 0.05) is 13.5 Å². The molecule has 23 heavy (non-hydrogen) atoms. The predicted octanol–water partition coefficient (Wildman–Crippen LogP) is 3.81. The smallest absolute Gasteiger partial charge is 0.240 e. The number of anilines is 1. The van der Waals surface area contributed by atoms with Crippen LogP contribution in [0.4, 0.5) is 5.69 Å². The molecule has 1 aromatic rings. The second kappa shape index (κ2) is 8.70. The van der Waals surface area contributed by atoms with Crippen LogP contribution in [0.3, 0.4) is 0 Å². The van der Waals surface area contributed by atoms with E-state index in [2.05, 4.69) is 33.0 Å². The number of para-hydroxylation sites is 1. The van der Waals surface area contributed by atoms with Gasteiger partial charge in [-0.15, -0.1) is 0 Å². The van der Waals surface area contributed by atoms with E-state index in [0.29, 0.717) is 6.54 Å². The molecule has 0 spiro atoms. The minimum Gasteiger partial charge on any atom is -0.355 e. The van der Waals surface area contributed by atoms with E-state index in [-0.39, 0.29) is 30.2 Å². The summed E-state index contributed by atoms with van der Waals surface area (Å²) >= 11 is 0. The Hall–Kier alpha value is -1.84. The van der Waals surface area contributed by atoms with Crippen LogP contribution >= 0.6 is 0 Å². The molecule has 0 atom stereocenters. The third kappa shape index (κ3) is 5.08. The van der Waals surface area contributed by atoms with Gasteiger partial charge in [-0.1, -0.05) is 52.8 Å². The van der Waals surface area contributed by atoms with Crippen molar-refractivity contribution in [2.45, 2.75) is 59.8 Å². The summed E-state index contributed by atoms with van der Waals surface area (Å²) in [7, 11) is 0. The number of hydrogen-bond acceptors (Lipinski definition) is 2. The van der Waals surface area contributed by atoms with Crippen molar-refractivity contribution in [1.82, 2.24) is 5.32 Å².